The molecule has 1 aromatic heterocycles. The number of fused-ring (bicyclic) bond motifs is 1. The van der Waals surface area contributed by atoms with Gasteiger partial charge in [0.15, 0.2) is 0 Å². The van der Waals surface area contributed by atoms with Gasteiger partial charge in [0.05, 0.1) is 18.7 Å². The fourth-order valence-corrected chi connectivity index (χ4v) is 3.67. The highest BCUT2D eigenvalue weighted by Crippen LogP contribution is 2.22. The Kier molecular flexibility index (Phi) is 5.89. The Morgan fingerprint density at radius 3 is 2.83 bits per heavy atom. The number of hydrogen-bond acceptors (Lipinski definition) is 7. The van der Waals surface area contributed by atoms with Crippen LogP contribution in [0.3, 0.4) is 0 Å². The van der Waals surface area contributed by atoms with Gasteiger partial charge in [-0.05, 0) is 42.0 Å². The van der Waals surface area contributed by atoms with E-state index in [4.69, 9.17) is 16.3 Å². The van der Waals surface area contributed by atoms with E-state index in [1.165, 1.54) is 0 Å². The molecule has 150 valence electrons. The van der Waals surface area contributed by atoms with E-state index in [0.29, 0.717) is 5.95 Å². The zero-order chi connectivity index (χ0) is 20.2. The first-order valence-electron chi connectivity index (χ1n) is 9.28. The lowest BCUT2D eigenvalue weighted by atomic mass is 10.1. The van der Waals surface area contributed by atoms with Crippen LogP contribution in [0.5, 0.6) is 0 Å². The topological polar surface area (TPSA) is 115 Å². The van der Waals surface area contributed by atoms with E-state index in [9.17, 15) is 0 Å². The zero-order valence-corrected chi connectivity index (χ0v) is 17.4. The second-order valence-corrected chi connectivity index (χ2v) is 7.76. The number of nitrogens with zero attached hydrogens (tertiary/aromatic N) is 4. The van der Waals surface area contributed by atoms with Gasteiger partial charge in [0.2, 0.25) is 5.95 Å². The number of anilines is 2. The van der Waals surface area contributed by atoms with Gasteiger partial charge in [-0.25, -0.2) is 9.97 Å². The molecule has 0 aliphatic carbocycles. The highest BCUT2D eigenvalue weighted by atomic mass is 79.9. The van der Waals surface area contributed by atoms with Crippen LogP contribution in [0.1, 0.15) is 11.1 Å². The highest BCUT2D eigenvalue weighted by Gasteiger charge is 2.13. The Balaban J connectivity index is 1.62. The maximum atomic E-state index is 5.98. The van der Waals surface area contributed by atoms with Gasteiger partial charge in [-0.1, -0.05) is 15.9 Å². The van der Waals surface area contributed by atoms with Crippen LogP contribution in [0.4, 0.5) is 11.6 Å². The van der Waals surface area contributed by atoms with Crippen LogP contribution in [-0.4, -0.2) is 47.0 Å². The molecule has 0 unspecified atom stereocenters. The van der Waals surface area contributed by atoms with Gasteiger partial charge >= 0.3 is 0 Å². The normalized spacial score (nSPS) is 15.6. The molecule has 2 heterocycles. The van der Waals surface area contributed by atoms with E-state index >= 15 is 0 Å². The van der Waals surface area contributed by atoms with E-state index in [-0.39, 0.29) is 5.84 Å². The number of amidine groups is 1. The minimum Gasteiger partial charge on any atom is -0.382 e. The molecule has 0 radical (unpaired) electrons. The van der Waals surface area contributed by atoms with Crippen LogP contribution in [-0.2, 0) is 11.3 Å². The van der Waals surface area contributed by atoms with Gasteiger partial charge < -0.3 is 21.6 Å². The summed E-state index contributed by atoms with van der Waals surface area (Å²) in [7, 11) is 0. The SMILES string of the molecule is N/N=C(\N)c1cc(CN2CCOCC2)cc(Nc2ncc3cc(Br)ccc3n2)c1. The third-order valence-corrected chi connectivity index (χ3v) is 5.23. The first kappa shape index (κ1) is 19.6. The number of aromatic nitrogens is 2. The molecule has 1 aliphatic heterocycles. The summed E-state index contributed by atoms with van der Waals surface area (Å²) in [6, 6.07) is 11.9. The van der Waals surface area contributed by atoms with Crippen molar-refractivity contribution in [2.75, 3.05) is 31.6 Å². The lowest BCUT2D eigenvalue weighted by molar-refractivity contribution is 0.0342. The van der Waals surface area contributed by atoms with Gasteiger partial charge in [0.25, 0.3) is 0 Å². The molecule has 1 aliphatic rings. The number of ether oxygens (including phenoxy) is 1. The van der Waals surface area contributed by atoms with Crippen LogP contribution >= 0.6 is 15.9 Å². The lowest BCUT2D eigenvalue weighted by Gasteiger charge is -2.27. The van der Waals surface area contributed by atoms with Crippen molar-refractivity contribution in [3.63, 3.8) is 0 Å². The molecule has 9 heteroatoms. The van der Waals surface area contributed by atoms with Gasteiger partial charge in [-0.3, -0.25) is 4.90 Å². The van der Waals surface area contributed by atoms with Crippen LogP contribution < -0.4 is 16.9 Å². The smallest absolute Gasteiger partial charge is 0.227 e. The van der Waals surface area contributed by atoms with Crippen molar-refractivity contribution in [3.05, 3.63) is 58.2 Å². The molecule has 0 bridgehead atoms. The van der Waals surface area contributed by atoms with Gasteiger partial charge in [0.1, 0.15) is 5.84 Å². The van der Waals surface area contributed by atoms with Gasteiger partial charge in [-0.2, -0.15) is 5.10 Å². The molecule has 5 N–H and O–H groups in total. The van der Waals surface area contributed by atoms with Gasteiger partial charge in [-0.15, -0.1) is 0 Å². The molecule has 29 heavy (non-hydrogen) atoms. The van der Waals surface area contributed by atoms with E-state index in [1.54, 1.807) is 6.20 Å². The predicted molar refractivity (Wildman–Crippen MR) is 118 cm³/mol. The summed E-state index contributed by atoms with van der Waals surface area (Å²) in [5.74, 6) is 6.19. The Hall–Kier alpha value is -2.75. The molecule has 0 saturated carbocycles. The summed E-state index contributed by atoms with van der Waals surface area (Å²) in [5.41, 5.74) is 9.52. The van der Waals surface area contributed by atoms with Crippen molar-refractivity contribution < 1.29 is 4.74 Å². The Morgan fingerprint density at radius 1 is 1.21 bits per heavy atom. The number of morpholine rings is 1. The van der Waals surface area contributed by atoms with Crippen molar-refractivity contribution in [1.29, 1.82) is 0 Å². The first-order valence-corrected chi connectivity index (χ1v) is 10.1. The molecule has 1 saturated heterocycles. The molecule has 3 aromatic rings. The van der Waals surface area contributed by atoms with Crippen LogP contribution in [0, 0.1) is 0 Å². The van der Waals surface area contributed by atoms with Crippen molar-refractivity contribution in [3.8, 4) is 0 Å². The fourth-order valence-electron chi connectivity index (χ4n) is 3.29. The summed E-state index contributed by atoms with van der Waals surface area (Å²) in [4.78, 5) is 11.4. The maximum absolute atomic E-state index is 5.98. The summed E-state index contributed by atoms with van der Waals surface area (Å²) in [6.07, 6.45) is 1.80. The third-order valence-electron chi connectivity index (χ3n) is 4.74. The number of halogens is 1. The largest absolute Gasteiger partial charge is 0.382 e. The van der Waals surface area contributed by atoms with E-state index in [0.717, 1.165) is 65.0 Å². The van der Waals surface area contributed by atoms with E-state index in [2.05, 4.69) is 47.3 Å². The van der Waals surface area contributed by atoms with Gasteiger partial charge in [0, 0.05) is 46.9 Å². The molecule has 0 amide bonds. The Bertz CT molecular complexity index is 1050. The monoisotopic (exact) mass is 455 g/mol. The van der Waals surface area contributed by atoms with Crippen LogP contribution in [0.25, 0.3) is 10.9 Å². The molecule has 2 aromatic carbocycles. The molecule has 4 rings (SSSR count). The third kappa shape index (κ3) is 4.81. The van der Waals surface area contributed by atoms with Crippen LogP contribution in [0.2, 0.25) is 0 Å². The Morgan fingerprint density at radius 2 is 2.03 bits per heavy atom. The van der Waals surface area contributed by atoms with Crippen molar-refractivity contribution in [2.24, 2.45) is 16.7 Å². The summed E-state index contributed by atoms with van der Waals surface area (Å²) in [6.45, 7) is 4.08. The molecular weight excluding hydrogens is 434 g/mol. The number of nitrogens with one attached hydrogen (secondary N) is 1. The Labute approximate surface area is 177 Å². The van der Waals surface area contributed by atoms with Crippen molar-refractivity contribution >= 4 is 44.3 Å². The van der Waals surface area contributed by atoms with E-state index in [1.807, 2.05) is 30.3 Å². The molecular formula is C20H22BrN7O. The number of hydrogen-bond donors (Lipinski definition) is 3. The summed E-state index contributed by atoms with van der Waals surface area (Å²) >= 11 is 3.47. The van der Waals surface area contributed by atoms with Crippen molar-refractivity contribution in [1.82, 2.24) is 14.9 Å². The molecule has 8 nitrogen and oxygen atoms in total. The minimum absolute atomic E-state index is 0.279. The number of hydrazone groups is 1. The highest BCUT2D eigenvalue weighted by molar-refractivity contribution is 9.10. The summed E-state index contributed by atoms with van der Waals surface area (Å²) < 4.78 is 6.42. The average molecular weight is 456 g/mol. The minimum atomic E-state index is 0.279. The molecule has 0 atom stereocenters. The fraction of sp³-hybridized carbons (Fsp3) is 0.250. The number of benzene rings is 2. The standard InChI is InChI=1S/C20H22BrN7O/c21-16-1-2-18-15(9-16)11-24-20(26-18)25-17-8-13(7-14(10-17)19(22)27-23)12-28-3-5-29-6-4-28/h1-2,7-11H,3-6,12,23H2,(H2,22,27)(H,24,25,26). The summed E-state index contributed by atoms with van der Waals surface area (Å²) in [5, 5.41) is 7.88. The average Bonchev–Trinajstić information content (AvgIpc) is 2.74. The second kappa shape index (κ2) is 8.73. The van der Waals surface area contributed by atoms with Crippen molar-refractivity contribution in [2.45, 2.75) is 6.54 Å². The number of rotatable bonds is 5. The maximum Gasteiger partial charge on any atom is 0.227 e. The molecule has 1 fully saturated rings. The first-order chi connectivity index (χ1) is 14.1. The lowest BCUT2D eigenvalue weighted by Crippen LogP contribution is -2.35. The predicted octanol–water partition coefficient (Wildman–Crippen LogP) is 2.55. The zero-order valence-electron chi connectivity index (χ0n) is 15.8. The quantitative estimate of drug-likeness (QED) is 0.234. The van der Waals surface area contributed by atoms with Crippen LogP contribution in [0.15, 0.2) is 52.2 Å². The number of nitrogens with two attached hydrogens (primary N) is 2. The molecule has 0 spiro atoms. The second-order valence-electron chi connectivity index (χ2n) is 6.84. The van der Waals surface area contributed by atoms with E-state index < -0.39 is 0 Å².